The van der Waals surface area contributed by atoms with Gasteiger partial charge in [0.25, 0.3) is 0 Å². The monoisotopic (exact) mass is 214 g/mol. The summed E-state index contributed by atoms with van der Waals surface area (Å²) in [5.74, 6) is 0. The molecule has 1 aliphatic rings. The van der Waals surface area contributed by atoms with Crippen LogP contribution in [-0.2, 0) is 0 Å². The molecular weight excluding hydrogens is 184 g/mol. The Kier molecular flexibility index (Phi) is 8.07. The van der Waals surface area contributed by atoms with Crippen molar-refractivity contribution in [2.45, 2.75) is 59.5 Å². The summed E-state index contributed by atoms with van der Waals surface area (Å²) in [4.78, 5) is 5.07. The third-order valence-corrected chi connectivity index (χ3v) is 3.35. The molecule has 0 amide bonds. The van der Waals surface area contributed by atoms with E-state index >= 15 is 0 Å². The first-order chi connectivity index (χ1) is 7.15. The maximum Gasteiger partial charge on any atom is 0.0116 e. The lowest BCUT2D eigenvalue weighted by Gasteiger charge is -2.38. The SMILES string of the molecule is CC.CCN(C)C1CCN(C(C)C)CC1. The molecule has 0 spiro atoms. The zero-order valence-corrected chi connectivity index (χ0v) is 11.6. The van der Waals surface area contributed by atoms with E-state index in [0.29, 0.717) is 0 Å². The van der Waals surface area contributed by atoms with E-state index in [-0.39, 0.29) is 0 Å². The molecule has 0 aliphatic carbocycles. The fraction of sp³-hybridized carbons (Fsp3) is 1.00. The first-order valence-electron chi connectivity index (χ1n) is 6.59. The minimum Gasteiger partial charge on any atom is -0.304 e. The zero-order chi connectivity index (χ0) is 11.8. The minimum atomic E-state index is 0.730. The molecule has 0 N–H and O–H groups in total. The summed E-state index contributed by atoms with van der Waals surface area (Å²) in [6.45, 7) is 14.6. The fourth-order valence-corrected chi connectivity index (χ4v) is 2.10. The number of rotatable bonds is 3. The van der Waals surface area contributed by atoms with Gasteiger partial charge in [-0.25, -0.2) is 0 Å². The summed E-state index contributed by atoms with van der Waals surface area (Å²) in [5.41, 5.74) is 0. The second-order valence-electron chi connectivity index (χ2n) is 4.43. The number of hydrogen-bond acceptors (Lipinski definition) is 2. The van der Waals surface area contributed by atoms with Crippen LogP contribution in [0.4, 0.5) is 0 Å². The smallest absolute Gasteiger partial charge is 0.0116 e. The molecule has 2 heteroatoms. The van der Waals surface area contributed by atoms with E-state index in [1.807, 2.05) is 13.8 Å². The van der Waals surface area contributed by atoms with Crippen molar-refractivity contribution < 1.29 is 0 Å². The quantitative estimate of drug-likeness (QED) is 0.713. The molecule has 1 aliphatic heterocycles. The molecule has 92 valence electrons. The topological polar surface area (TPSA) is 6.48 Å². The van der Waals surface area contributed by atoms with Crippen LogP contribution < -0.4 is 0 Å². The second kappa shape index (κ2) is 8.12. The van der Waals surface area contributed by atoms with Crippen LogP contribution in [0, 0.1) is 0 Å². The third kappa shape index (κ3) is 4.98. The van der Waals surface area contributed by atoms with E-state index in [2.05, 4.69) is 37.6 Å². The minimum absolute atomic E-state index is 0.730. The van der Waals surface area contributed by atoms with Crippen LogP contribution in [-0.4, -0.2) is 48.6 Å². The Hall–Kier alpha value is -0.0800. The van der Waals surface area contributed by atoms with Crippen molar-refractivity contribution in [3.63, 3.8) is 0 Å². The van der Waals surface area contributed by atoms with Gasteiger partial charge < -0.3 is 9.80 Å². The Morgan fingerprint density at radius 3 is 2.00 bits per heavy atom. The van der Waals surface area contributed by atoms with Gasteiger partial charge in [0.1, 0.15) is 0 Å². The van der Waals surface area contributed by atoms with Gasteiger partial charge >= 0.3 is 0 Å². The fourth-order valence-electron chi connectivity index (χ4n) is 2.10. The van der Waals surface area contributed by atoms with Crippen molar-refractivity contribution in [3.8, 4) is 0 Å². The van der Waals surface area contributed by atoms with E-state index in [4.69, 9.17) is 0 Å². The van der Waals surface area contributed by atoms with Crippen LogP contribution in [0.15, 0.2) is 0 Å². The molecule has 0 aromatic heterocycles. The van der Waals surface area contributed by atoms with Crippen molar-refractivity contribution in [2.75, 3.05) is 26.7 Å². The largest absolute Gasteiger partial charge is 0.304 e. The lowest BCUT2D eigenvalue weighted by atomic mass is 10.0. The van der Waals surface area contributed by atoms with Crippen molar-refractivity contribution in [2.24, 2.45) is 0 Å². The number of likely N-dealkylation sites (tertiary alicyclic amines) is 1. The Labute approximate surface area is 96.6 Å². The van der Waals surface area contributed by atoms with Crippen LogP contribution in [0.2, 0.25) is 0 Å². The van der Waals surface area contributed by atoms with Gasteiger partial charge in [0.2, 0.25) is 0 Å². The number of hydrogen-bond donors (Lipinski definition) is 0. The lowest BCUT2D eigenvalue weighted by Crippen LogP contribution is -2.45. The highest BCUT2D eigenvalue weighted by molar-refractivity contribution is 4.79. The Morgan fingerprint density at radius 2 is 1.67 bits per heavy atom. The molecule has 15 heavy (non-hydrogen) atoms. The average molecular weight is 214 g/mol. The molecule has 1 saturated heterocycles. The average Bonchev–Trinajstić information content (AvgIpc) is 2.31. The van der Waals surface area contributed by atoms with Crippen LogP contribution in [0.25, 0.3) is 0 Å². The molecule has 2 nitrogen and oxygen atoms in total. The van der Waals surface area contributed by atoms with E-state index in [1.165, 1.54) is 32.5 Å². The van der Waals surface area contributed by atoms with Crippen LogP contribution >= 0.6 is 0 Å². The Morgan fingerprint density at radius 1 is 1.20 bits per heavy atom. The highest BCUT2D eigenvalue weighted by Crippen LogP contribution is 2.16. The van der Waals surface area contributed by atoms with E-state index in [9.17, 15) is 0 Å². The van der Waals surface area contributed by atoms with E-state index in [1.54, 1.807) is 0 Å². The van der Waals surface area contributed by atoms with Crippen LogP contribution in [0.5, 0.6) is 0 Å². The first kappa shape index (κ1) is 14.9. The Balaban J connectivity index is 0.000000921. The highest BCUT2D eigenvalue weighted by atomic mass is 15.2. The highest BCUT2D eigenvalue weighted by Gasteiger charge is 2.22. The molecule has 0 radical (unpaired) electrons. The van der Waals surface area contributed by atoms with Gasteiger partial charge in [-0.2, -0.15) is 0 Å². The van der Waals surface area contributed by atoms with Crippen LogP contribution in [0.1, 0.15) is 47.5 Å². The van der Waals surface area contributed by atoms with Crippen LogP contribution in [0.3, 0.4) is 0 Å². The van der Waals surface area contributed by atoms with Gasteiger partial charge in [0.15, 0.2) is 0 Å². The van der Waals surface area contributed by atoms with E-state index in [0.717, 1.165) is 12.1 Å². The maximum atomic E-state index is 2.58. The normalized spacial score (nSPS) is 19.2. The molecule has 0 unspecified atom stereocenters. The summed E-state index contributed by atoms with van der Waals surface area (Å²) >= 11 is 0. The molecule has 1 rings (SSSR count). The van der Waals surface area contributed by atoms with Gasteiger partial charge in [-0.15, -0.1) is 0 Å². The molecule has 0 saturated carbocycles. The molecule has 0 atom stereocenters. The molecule has 1 heterocycles. The summed E-state index contributed by atoms with van der Waals surface area (Å²) in [6, 6.07) is 1.56. The van der Waals surface area contributed by atoms with Crippen molar-refractivity contribution in [1.29, 1.82) is 0 Å². The van der Waals surface area contributed by atoms with Crippen molar-refractivity contribution in [1.82, 2.24) is 9.80 Å². The maximum absolute atomic E-state index is 2.58. The Bertz CT molecular complexity index is 137. The predicted octanol–water partition coefficient (Wildman–Crippen LogP) is 2.84. The molecule has 0 bridgehead atoms. The predicted molar refractivity (Wildman–Crippen MR) is 69.4 cm³/mol. The van der Waals surface area contributed by atoms with Crippen molar-refractivity contribution in [3.05, 3.63) is 0 Å². The molecule has 0 aromatic carbocycles. The molecule has 1 fully saturated rings. The first-order valence-corrected chi connectivity index (χ1v) is 6.59. The van der Waals surface area contributed by atoms with Gasteiger partial charge in [-0.05, 0) is 53.4 Å². The summed E-state index contributed by atoms with van der Waals surface area (Å²) in [7, 11) is 2.25. The van der Waals surface area contributed by atoms with Crippen molar-refractivity contribution >= 4 is 0 Å². The van der Waals surface area contributed by atoms with Gasteiger partial charge in [0.05, 0.1) is 0 Å². The number of piperidine rings is 1. The second-order valence-corrected chi connectivity index (χ2v) is 4.43. The molecular formula is C13H30N2. The van der Waals surface area contributed by atoms with Gasteiger partial charge in [-0.3, -0.25) is 0 Å². The number of nitrogens with zero attached hydrogens (tertiary/aromatic N) is 2. The van der Waals surface area contributed by atoms with Gasteiger partial charge in [0, 0.05) is 12.1 Å². The lowest BCUT2D eigenvalue weighted by molar-refractivity contribution is 0.111. The van der Waals surface area contributed by atoms with Gasteiger partial charge in [-0.1, -0.05) is 20.8 Å². The summed E-state index contributed by atoms with van der Waals surface area (Å²) in [6.07, 6.45) is 2.70. The summed E-state index contributed by atoms with van der Waals surface area (Å²) < 4.78 is 0. The third-order valence-electron chi connectivity index (χ3n) is 3.35. The summed E-state index contributed by atoms with van der Waals surface area (Å²) in [5, 5.41) is 0. The standard InChI is InChI=1S/C11H24N2.C2H6/c1-5-12(4)11-6-8-13(9-7-11)10(2)3;1-2/h10-11H,5-9H2,1-4H3;1-2H3. The van der Waals surface area contributed by atoms with E-state index < -0.39 is 0 Å². The zero-order valence-electron chi connectivity index (χ0n) is 11.6. The molecule has 0 aromatic rings.